The van der Waals surface area contributed by atoms with Crippen molar-refractivity contribution in [3.05, 3.63) is 11.8 Å². The van der Waals surface area contributed by atoms with E-state index in [1.165, 1.54) is 5.70 Å². The summed E-state index contributed by atoms with van der Waals surface area (Å²) in [5, 5.41) is 0. The monoisotopic (exact) mass is 210 g/mol. The van der Waals surface area contributed by atoms with Gasteiger partial charge in [-0.2, -0.15) is 0 Å². The van der Waals surface area contributed by atoms with Crippen molar-refractivity contribution in [2.75, 3.05) is 33.7 Å². The van der Waals surface area contributed by atoms with Gasteiger partial charge in [0, 0.05) is 31.3 Å². The summed E-state index contributed by atoms with van der Waals surface area (Å²) in [6.45, 7) is 5.33. The van der Waals surface area contributed by atoms with Gasteiger partial charge in [-0.25, -0.2) is 0 Å². The van der Waals surface area contributed by atoms with Crippen molar-refractivity contribution in [2.45, 2.75) is 26.2 Å². The highest BCUT2D eigenvalue weighted by Gasteiger charge is 2.16. The molecule has 1 aliphatic rings. The normalized spacial score (nSPS) is 16.0. The molecule has 0 heterocycles. The van der Waals surface area contributed by atoms with Gasteiger partial charge in [0.05, 0.1) is 0 Å². The van der Waals surface area contributed by atoms with E-state index in [4.69, 9.17) is 0 Å². The van der Waals surface area contributed by atoms with Crippen molar-refractivity contribution >= 4 is 5.78 Å². The second kappa shape index (κ2) is 5.91. The van der Waals surface area contributed by atoms with Gasteiger partial charge in [0.15, 0.2) is 5.78 Å². The molecule has 3 nitrogen and oxygen atoms in total. The Morgan fingerprint density at radius 3 is 2.47 bits per heavy atom. The highest BCUT2D eigenvalue weighted by Crippen LogP contribution is 2.19. The second-order valence-electron chi connectivity index (χ2n) is 4.34. The minimum atomic E-state index is 0.288. The van der Waals surface area contributed by atoms with E-state index in [2.05, 4.69) is 30.8 Å². The van der Waals surface area contributed by atoms with Crippen molar-refractivity contribution in [1.29, 1.82) is 0 Å². The molecular weight excluding hydrogens is 188 g/mol. The molecule has 0 aliphatic heterocycles. The van der Waals surface area contributed by atoms with Crippen LogP contribution in [-0.4, -0.2) is 49.3 Å². The molecule has 0 bridgehead atoms. The average Bonchev–Trinajstić information content (AvgIpc) is 2.59. The molecule has 0 unspecified atom stereocenters. The summed E-state index contributed by atoms with van der Waals surface area (Å²) in [4.78, 5) is 15.7. The molecule has 86 valence electrons. The second-order valence-corrected chi connectivity index (χ2v) is 4.34. The van der Waals surface area contributed by atoms with Crippen LogP contribution in [0.3, 0.4) is 0 Å². The van der Waals surface area contributed by atoms with E-state index in [9.17, 15) is 4.79 Å². The van der Waals surface area contributed by atoms with E-state index in [0.29, 0.717) is 6.42 Å². The molecule has 0 atom stereocenters. The van der Waals surface area contributed by atoms with Gasteiger partial charge >= 0.3 is 0 Å². The Hall–Kier alpha value is -0.830. The van der Waals surface area contributed by atoms with Crippen LogP contribution in [0, 0.1) is 0 Å². The van der Waals surface area contributed by atoms with Crippen LogP contribution in [0.5, 0.6) is 0 Å². The number of ketones is 1. The lowest BCUT2D eigenvalue weighted by Crippen LogP contribution is -2.26. The lowest BCUT2D eigenvalue weighted by atomic mass is 10.3. The Balaban J connectivity index is 2.36. The summed E-state index contributed by atoms with van der Waals surface area (Å²) in [5.74, 6) is 0.288. The Kier molecular flexibility index (Phi) is 4.82. The molecule has 0 aromatic carbocycles. The van der Waals surface area contributed by atoms with E-state index in [1.807, 2.05) is 6.08 Å². The smallest absolute Gasteiger partial charge is 0.157 e. The first-order valence-electron chi connectivity index (χ1n) is 5.76. The van der Waals surface area contributed by atoms with Crippen LogP contribution < -0.4 is 0 Å². The fourth-order valence-electron chi connectivity index (χ4n) is 1.91. The maximum Gasteiger partial charge on any atom is 0.157 e. The van der Waals surface area contributed by atoms with E-state index < -0.39 is 0 Å². The molecule has 0 saturated carbocycles. The van der Waals surface area contributed by atoms with Crippen molar-refractivity contribution < 1.29 is 4.79 Å². The van der Waals surface area contributed by atoms with Gasteiger partial charge in [-0.05, 0) is 40.4 Å². The first kappa shape index (κ1) is 12.2. The van der Waals surface area contributed by atoms with Crippen LogP contribution in [0.2, 0.25) is 0 Å². The van der Waals surface area contributed by atoms with Gasteiger partial charge in [0.1, 0.15) is 0 Å². The van der Waals surface area contributed by atoms with Gasteiger partial charge < -0.3 is 9.80 Å². The minimum absolute atomic E-state index is 0.288. The van der Waals surface area contributed by atoms with E-state index in [1.54, 1.807) is 0 Å². The first-order valence-corrected chi connectivity index (χ1v) is 5.76. The largest absolute Gasteiger partial charge is 0.375 e. The zero-order valence-corrected chi connectivity index (χ0v) is 10.1. The van der Waals surface area contributed by atoms with E-state index in [-0.39, 0.29) is 5.78 Å². The number of rotatable bonds is 6. The predicted molar refractivity (Wildman–Crippen MR) is 62.7 cm³/mol. The lowest BCUT2D eigenvalue weighted by Gasteiger charge is -2.24. The Bertz CT molecular complexity index is 246. The fourth-order valence-corrected chi connectivity index (χ4v) is 1.91. The van der Waals surface area contributed by atoms with Crippen LogP contribution >= 0.6 is 0 Å². The van der Waals surface area contributed by atoms with Gasteiger partial charge in [-0.1, -0.05) is 0 Å². The number of nitrogens with zero attached hydrogens (tertiary/aromatic N) is 2. The average molecular weight is 210 g/mol. The summed E-state index contributed by atoms with van der Waals surface area (Å²) in [5.41, 5.74) is 1.24. The Labute approximate surface area is 92.7 Å². The van der Waals surface area contributed by atoms with Crippen LogP contribution in [0.1, 0.15) is 26.2 Å². The van der Waals surface area contributed by atoms with Gasteiger partial charge in [-0.3, -0.25) is 4.79 Å². The molecule has 3 heteroatoms. The molecule has 15 heavy (non-hydrogen) atoms. The molecule has 1 aliphatic carbocycles. The zero-order valence-electron chi connectivity index (χ0n) is 10.1. The van der Waals surface area contributed by atoms with Crippen LogP contribution in [0.25, 0.3) is 0 Å². The molecule has 0 spiro atoms. The molecule has 0 aromatic heterocycles. The highest BCUT2D eigenvalue weighted by molar-refractivity contribution is 5.92. The summed E-state index contributed by atoms with van der Waals surface area (Å²) in [6, 6.07) is 0. The van der Waals surface area contributed by atoms with Gasteiger partial charge in [-0.15, -0.1) is 0 Å². The van der Waals surface area contributed by atoms with Crippen molar-refractivity contribution in [1.82, 2.24) is 9.80 Å². The van der Waals surface area contributed by atoms with Crippen LogP contribution in [0.15, 0.2) is 11.8 Å². The summed E-state index contributed by atoms with van der Waals surface area (Å²) in [7, 11) is 4.18. The summed E-state index contributed by atoms with van der Waals surface area (Å²) in [6.07, 6.45) is 4.62. The van der Waals surface area contributed by atoms with Crippen LogP contribution in [0.4, 0.5) is 0 Å². The lowest BCUT2D eigenvalue weighted by molar-refractivity contribution is -0.114. The maximum atomic E-state index is 11.1. The zero-order chi connectivity index (χ0) is 11.3. The first-order chi connectivity index (χ1) is 7.13. The quantitative estimate of drug-likeness (QED) is 0.664. The third kappa shape index (κ3) is 4.04. The highest BCUT2D eigenvalue weighted by atomic mass is 16.1. The number of carbonyl (C=O) groups excluding carboxylic acids is 1. The van der Waals surface area contributed by atoms with Crippen molar-refractivity contribution in [3.63, 3.8) is 0 Å². The van der Waals surface area contributed by atoms with E-state index >= 15 is 0 Å². The maximum absolute atomic E-state index is 11.1. The predicted octanol–water partition coefficient (Wildman–Crippen LogP) is 1.51. The number of hydrogen-bond donors (Lipinski definition) is 0. The molecule has 1 rings (SSSR count). The minimum Gasteiger partial charge on any atom is -0.375 e. The molecule has 0 fully saturated rings. The number of hydrogen-bond acceptors (Lipinski definition) is 3. The fraction of sp³-hybridized carbons (Fsp3) is 0.750. The molecule has 0 amide bonds. The Morgan fingerprint density at radius 1 is 1.27 bits per heavy atom. The van der Waals surface area contributed by atoms with Crippen molar-refractivity contribution in [2.24, 2.45) is 0 Å². The van der Waals surface area contributed by atoms with E-state index in [0.717, 1.165) is 32.5 Å². The van der Waals surface area contributed by atoms with Crippen molar-refractivity contribution in [3.8, 4) is 0 Å². The molecule has 0 radical (unpaired) electrons. The molecular formula is C12H22N2O. The Morgan fingerprint density at radius 2 is 2.00 bits per heavy atom. The third-order valence-corrected chi connectivity index (χ3v) is 2.78. The topological polar surface area (TPSA) is 23.6 Å². The van der Waals surface area contributed by atoms with Gasteiger partial charge in [0.25, 0.3) is 0 Å². The third-order valence-electron chi connectivity index (χ3n) is 2.78. The van der Waals surface area contributed by atoms with Crippen LogP contribution in [-0.2, 0) is 4.79 Å². The molecule has 0 aromatic rings. The molecule has 0 saturated heterocycles. The number of allylic oxidation sites excluding steroid dienone is 2. The molecule has 0 N–H and O–H groups in total. The number of carbonyl (C=O) groups is 1. The summed E-state index contributed by atoms with van der Waals surface area (Å²) >= 11 is 0. The summed E-state index contributed by atoms with van der Waals surface area (Å²) < 4.78 is 0. The van der Waals surface area contributed by atoms with Gasteiger partial charge in [0.2, 0.25) is 0 Å². The SMILES string of the molecule is CCN(CCCN(C)C)C1=CC(=O)CC1. The standard InChI is InChI=1S/C12H22N2O/c1-4-14(9-5-8-13(2)3)11-6-7-12(15)10-11/h10H,4-9H2,1-3H3.